The predicted molar refractivity (Wildman–Crippen MR) is 92.1 cm³/mol. The van der Waals surface area contributed by atoms with Crippen LogP contribution in [0.1, 0.15) is 27.9 Å². The Hall–Kier alpha value is -2.66. The van der Waals surface area contributed by atoms with E-state index < -0.39 is 5.91 Å². The molecule has 0 saturated carbocycles. The van der Waals surface area contributed by atoms with E-state index in [1.807, 2.05) is 48.5 Å². The first-order valence-electron chi connectivity index (χ1n) is 7.79. The molecule has 0 aliphatic rings. The van der Waals surface area contributed by atoms with Crippen molar-refractivity contribution in [2.24, 2.45) is 5.73 Å². The highest BCUT2D eigenvalue weighted by Gasteiger charge is 2.17. The number of hydrogen-bond acceptors (Lipinski definition) is 3. The lowest BCUT2D eigenvalue weighted by molar-refractivity contribution is -0.118. The van der Waals surface area contributed by atoms with Crippen LogP contribution in [-0.2, 0) is 22.7 Å². The molecule has 2 N–H and O–H groups in total. The Labute approximate surface area is 142 Å². The molecule has 2 aromatic carbocycles. The van der Waals surface area contributed by atoms with Crippen molar-refractivity contribution in [2.75, 3.05) is 13.7 Å². The van der Waals surface area contributed by atoms with Crippen LogP contribution < -0.4 is 5.73 Å². The highest BCUT2D eigenvalue weighted by atomic mass is 16.5. The third-order valence-electron chi connectivity index (χ3n) is 3.62. The van der Waals surface area contributed by atoms with Crippen molar-refractivity contribution in [3.05, 3.63) is 71.3 Å². The molecule has 0 fully saturated rings. The van der Waals surface area contributed by atoms with E-state index in [-0.39, 0.29) is 18.9 Å². The first-order chi connectivity index (χ1) is 11.6. The molecular weight excluding hydrogens is 304 g/mol. The SMILES string of the molecule is COCc1cccc(C(=O)N(CCC(N)=O)Cc2ccccc2)c1. The number of benzene rings is 2. The van der Waals surface area contributed by atoms with Gasteiger partial charge < -0.3 is 15.4 Å². The summed E-state index contributed by atoms with van der Waals surface area (Å²) in [5.74, 6) is -0.549. The van der Waals surface area contributed by atoms with Gasteiger partial charge in [-0.05, 0) is 23.3 Å². The number of hydrogen-bond donors (Lipinski definition) is 1. The molecule has 0 bridgehead atoms. The van der Waals surface area contributed by atoms with Gasteiger partial charge in [0.25, 0.3) is 5.91 Å². The Bertz CT molecular complexity index is 686. The van der Waals surface area contributed by atoms with Gasteiger partial charge in [-0.2, -0.15) is 0 Å². The van der Waals surface area contributed by atoms with Gasteiger partial charge in [-0.1, -0.05) is 42.5 Å². The molecule has 2 rings (SSSR count). The van der Waals surface area contributed by atoms with E-state index >= 15 is 0 Å². The maximum absolute atomic E-state index is 12.9. The molecule has 0 saturated heterocycles. The topological polar surface area (TPSA) is 72.6 Å². The minimum absolute atomic E-state index is 0.127. The molecule has 5 nitrogen and oxygen atoms in total. The Morgan fingerprint density at radius 2 is 1.75 bits per heavy atom. The lowest BCUT2D eigenvalue weighted by atomic mass is 10.1. The standard InChI is InChI=1S/C19H22N2O3/c1-24-14-16-8-5-9-17(12-16)19(23)21(11-10-18(20)22)13-15-6-3-2-4-7-15/h2-9,12H,10-11,13-14H2,1H3,(H2,20,22). The number of amides is 2. The molecule has 0 aromatic heterocycles. The van der Waals surface area contributed by atoms with E-state index in [0.29, 0.717) is 18.7 Å². The molecule has 0 unspecified atom stereocenters. The monoisotopic (exact) mass is 326 g/mol. The number of carbonyl (C=O) groups is 2. The van der Waals surface area contributed by atoms with Gasteiger partial charge in [-0.25, -0.2) is 0 Å². The van der Waals surface area contributed by atoms with Crippen molar-refractivity contribution < 1.29 is 14.3 Å². The largest absolute Gasteiger partial charge is 0.380 e. The van der Waals surface area contributed by atoms with Crippen molar-refractivity contribution >= 4 is 11.8 Å². The zero-order valence-electron chi connectivity index (χ0n) is 13.8. The van der Waals surface area contributed by atoms with E-state index in [1.54, 1.807) is 18.1 Å². The van der Waals surface area contributed by atoms with E-state index in [0.717, 1.165) is 11.1 Å². The van der Waals surface area contributed by atoms with E-state index in [9.17, 15) is 9.59 Å². The van der Waals surface area contributed by atoms with Gasteiger partial charge in [0, 0.05) is 32.2 Å². The van der Waals surface area contributed by atoms with Crippen LogP contribution in [0.25, 0.3) is 0 Å². The van der Waals surface area contributed by atoms with Gasteiger partial charge in [-0.3, -0.25) is 9.59 Å². The number of primary amides is 1. The number of nitrogens with two attached hydrogens (primary N) is 1. The summed E-state index contributed by atoms with van der Waals surface area (Å²) in [6.07, 6.45) is 0.135. The van der Waals surface area contributed by atoms with Crippen molar-refractivity contribution in [3.8, 4) is 0 Å². The second-order valence-electron chi connectivity index (χ2n) is 5.56. The van der Waals surface area contributed by atoms with Gasteiger partial charge in [0.15, 0.2) is 0 Å². The predicted octanol–water partition coefficient (Wildman–Crippen LogP) is 2.35. The number of ether oxygens (including phenoxy) is 1. The van der Waals surface area contributed by atoms with Crippen LogP contribution in [-0.4, -0.2) is 30.4 Å². The fraction of sp³-hybridized carbons (Fsp3) is 0.263. The maximum atomic E-state index is 12.9. The minimum Gasteiger partial charge on any atom is -0.380 e. The lowest BCUT2D eigenvalue weighted by Crippen LogP contribution is -2.33. The molecule has 0 aliphatic heterocycles. The van der Waals surface area contributed by atoms with Crippen LogP contribution in [0.5, 0.6) is 0 Å². The smallest absolute Gasteiger partial charge is 0.254 e. The molecular formula is C19H22N2O3. The van der Waals surface area contributed by atoms with Gasteiger partial charge in [0.1, 0.15) is 0 Å². The molecule has 2 aromatic rings. The minimum atomic E-state index is -0.422. The van der Waals surface area contributed by atoms with E-state index in [1.165, 1.54) is 0 Å². The lowest BCUT2D eigenvalue weighted by Gasteiger charge is -2.22. The van der Waals surface area contributed by atoms with Gasteiger partial charge in [0.2, 0.25) is 5.91 Å². The summed E-state index contributed by atoms with van der Waals surface area (Å²) in [5, 5.41) is 0. The Morgan fingerprint density at radius 1 is 1.04 bits per heavy atom. The molecule has 0 spiro atoms. The number of methoxy groups -OCH3 is 1. The Morgan fingerprint density at radius 3 is 2.42 bits per heavy atom. The Kier molecular flexibility index (Phi) is 6.51. The summed E-state index contributed by atoms with van der Waals surface area (Å²) in [7, 11) is 1.61. The fourth-order valence-electron chi connectivity index (χ4n) is 2.44. The summed E-state index contributed by atoms with van der Waals surface area (Å²) in [5.41, 5.74) is 7.75. The quantitative estimate of drug-likeness (QED) is 0.809. The van der Waals surface area contributed by atoms with Crippen LogP contribution >= 0.6 is 0 Å². The van der Waals surface area contributed by atoms with Crippen LogP contribution in [0, 0.1) is 0 Å². The molecule has 0 atom stereocenters. The highest BCUT2D eigenvalue weighted by Crippen LogP contribution is 2.13. The number of rotatable bonds is 8. The first kappa shape index (κ1) is 17.7. The summed E-state index contributed by atoms with van der Waals surface area (Å²) in [6.45, 7) is 1.17. The molecule has 0 aliphatic carbocycles. The molecule has 0 heterocycles. The van der Waals surface area contributed by atoms with E-state index in [2.05, 4.69) is 0 Å². The normalized spacial score (nSPS) is 10.4. The molecule has 5 heteroatoms. The average Bonchev–Trinajstić information content (AvgIpc) is 2.59. The Balaban J connectivity index is 2.19. The highest BCUT2D eigenvalue weighted by molar-refractivity contribution is 5.94. The van der Waals surface area contributed by atoms with Crippen LogP contribution in [0.2, 0.25) is 0 Å². The first-order valence-corrected chi connectivity index (χ1v) is 7.79. The van der Waals surface area contributed by atoms with Crippen LogP contribution in [0.15, 0.2) is 54.6 Å². The fourth-order valence-corrected chi connectivity index (χ4v) is 2.44. The zero-order valence-corrected chi connectivity index (χ0v) is 13.8. The molecule has 0 radical (unpaired) electrons. The van der Waals surface area contributed by atoms with Crippen molar-refractivity contribution in [2.45, 2.75) is 19.6 Å². The van der Waals surface area contributed by atoms with Crippen LogP contribution in [0.4, 0.5) is 0 Å². The van der Waals surface area contributed by atoms with Gasteiger partial charge in [0.05, 0.1) is 6.61 Å². The van der Waals surface area contributed by atoms with E-state index in [4.69, 9.17) is 10.5 Å². The molecule has 126 valence electrons. The second kappa shape index (κ2) is 8.84. The number of nitrogens with zero attached hydrogens (tertiary/aromatic N) is 1. The zero-order chi connectivity index (χ0) is 17.4. The average molecular weight is 326 g/mol. The maximum Gasteiger partial charge on any atom is 0.254 e. The molecule has 2 amide bonds. The van der Waals surface area contributed by atoms with Crippen molar-refractivity contribution in [1.82, 2.24) is 4.90 Å². The summed E-state index contributed by atoms with van der Waals surface area (Å²) >= 11 is 0. The third kappa shape index (κ3) is 5.21. The van der Waals surface area contributed by atoms with Gasteiger partial charge >= 0.3 is 0 Å². The van der Waals surface area contributed by atoms with Crippen molar-refractivity contribution in [1.29, 1.82) is 0 Å². The molecule has 24 heavy (non-hydrogen) atoms. The van der Waals surface area contributed by atoms with Crippen LogP contribution in [0.3, 0.4) is 0 Å². The summed E-state index contributed by atoms with van der Waals surface area (Å²) in [6, 6.07) is 17.0. The van der Waals surface area contributed by atoms with Crippen molar-refractivity contribution in [3.63, 3.8) is 0 Å². The van der Waals surface area contributed by atoms with Gasteiger partial charge in [-0.15, -0.1) is 0 Å². The second-order valence-corrected chi connectivity index (χ2v) is 5.56. The summed E-state index contributed by atoms with van der Waals surface area (Å²) in [4.78, 5) is 25.6. The third-order valence-corrected chi connectivity index (χ3v) is 3.62. The summed E-state index contributed by atoms with van der Waals surface area (Å²) < 4.78 is 5.11. The number of carbonyl (C=O) groups excluding carboxylic acids is 2.